The van der Waals surface area contributed by atoms with Gasteiger partial charge in [0.2, 0.25) is 0 Å². The van der Waals surface area contributed by atoms with Crippen molar-refractivity contribution >= 4 is 24.0 Å². The van der Waals surface area contributed by atoms with E-state index in [9.17, 15) is 9.18 Å². The van der Waals surface area contributed by atoms with E-state index in [1.54, 1.807) is 18.2 Å². The van der Waals surface area contributed by atoms with Crippen LogP contribution in [-0.4, -0.2) is 49.3 Å². The van der Waals surface area contributed by atoms with Crippen molar-refractivity contribution in [2.45, 2.75) is 13.5 Å². The maximum Gasteiger partial charge on any atom is 0.437 e. The first kappa shape index (κ1) is 19.2. The van der Waals surface area contributed by atoms with Crippen LogP contribution in [0.25, 0.3) is 0 Å². The summed E-state index contributed by atoms with van der Waals surface area (Å²) in [7, 11) is 0. The van der Waals surface area contributed by atoms with E-state index in [1.165, 1.54) is 6.21 Å². The van der Waals surface area contributed by atoms with Crippen molar-refractivity contribution in [2.24, 2.45) is 16.5 Å². The van der Waals surface area contributed by atoms with Crippen LogP contribution in [0.1, 0.15) is 12.5 Å². The van der Waals surface area contributed by atoms with E-state index in [4.69, 9.17) is 21.6 Å². The molecule has 1 aromatic rings. The molecule has 5 N–H and O–H groups in total. The molecule has 1 aliphatic heterocycles. The average molecular weight is 362 g/mol. The van der Waals surface area contributed by atoms with Gasteiger partial charge in [0.05, 0.1) is 11.4 Å². The molecule has 0 spiro atoms. The zero-order valence-corrected chi connectivity index (χ0v) is 14.6. The number of guanidine groups is 1. The molecule has 0 saturated carbocycles. The molecular formula is C17H23FN6O2. The van der Waals surface area contributed by atoms with Crippen LogP contribution < -0.4 is 16.4 Å². The molecule has 2 rings (SSSR count). The van der Waals surface area contributed by atoms with Crippen molar-refractivity contribution in [1.82, 2.24) is 4.90 Å². The number of carbonyl (C=O) groups is 1. The predicted octanol–water partition coefficient (Wildman–Crippen LogP) is 1.41. The van der Waals surface area contributed by atoms with E-state index in [0.717, 1.165) is 5.70 Å². The smallest absolute Gasteiger partial charge is 0.437 e. The van der Waals surface area contributed by atoms with Crippen LogP contribution >= 0.6 is 0 Å². The number of hydrogen-bond donors (Lipinski definition) is 3. The lowest BCUT2D eigenvalue weighted by Gasteiger charge is -2.37. The topological polar surface area (TPSA) is 121 Å². The molecule has 8 nitrogen and oxygen atoms in total. The van der Waals surface area contributed by atoms with Gasteiger partial charge in [-0.05, 0) is 13.0 Å². The number of hydrogen-bond acceptors (Lipinski definition) is 5. The minimum Gasteiger partial charge on any atom is -0.443 e. The van der Waals surface area contributed by atoms with Gasteiger partial charge in [-0.25, -0.2) is 9.18 Å². The van der Waals surface area contributed by atoms with Gasteiger partial charge in [0.25, 0.3) is 0 Å². The van der Waals surface area contributed by atoms with Crippen LogP contribution in [0, 0.1) is 11.2 Å². The number of piperazine rings is 1. The number of benzene rings is 1. The molecule has 0 unspecified atom stereocenters. The average Bonchev–Trinajstić information content (AvgIpc) is 2.62. The fourth-order valence-corrected chi connectivity index (χ4v) is 2.76. The van der Waals surface area contributed by atoms with Gasteiger partial charge in [0.1, 0.15) is 6.61 Å². The van der Waals surface area contributed by atoms with Gasteiger partial charge < -0.3 is 31.4 Å². The Hall–Kier alpha value is -3.10. The normalized spacial score (nSPS) is 14.8. The SMILES string of the molecule is C/C=C(\C=N)N1CCN(c2cccc(COC(=O)N=C(N)N)c2F)CC1. The number of amides is 1. The highest BCUT2D eigenvalue weighted by Crippen LogP contribution is 2.24. The Morgan fingerprint density at radius 2 is 2.04 bits per heavy atom. The number of rotatable bonds is 5. The van der Waals surface area contributed by atoms with Crippen molar-refractivity contribution < 1.29 is 13.9 Å². The van der Waals surface area contributed by atoms with Crippen molar-refractivity contribution in [3.05, 3.63) is 41.4 Å². The number of nitrogens with two attached hydrogens (primary N) is 2. The molecule has 0 atom stereocenters. The van der Waals surface area contributed by atoms with E-state index in [-0.39, 0.29) is 12.2 Å². The Kier molecular flexibility index (Phi) is 6.54. The number of allylic oxidation sites excluding steroid dienone is 2. The first-order valence-electron chi connectivity index (χ1n) is 8.16. The molecular weight excluding hydrogens is 339 g/mol. The van der Waals surface area contributed by atoms with Gasteiger partial charge in [-0.1, -0.05) is 18.2 Å². The monoisotopic (exact) mass is 362 g/mol. The maximum absolute atomic E-state index is 14.8. The molecule has 0 aliphatic carbocycles. The van der Waals surface area contributed by atoms with E-state index in [0.29, 0.717) is 31.9 Å². The predicted molar refractivity (Wildman–Crippen MR) is 98.7 cm³/mol. The lowest BCUT2D eigenvalue weighted by molar-refractivity contribution is 0.149. The largest absolute Gasteiger partial charge is 0.443 e. The zero-order chi connectivity index (χ0) is 19.1. The molecule has 1 saturated heterocycles. The lowest BCUT2D eigenvalue weighted by atomic mass is 10.1. The Bertz CT molecular complexity index is 722. The summed E-state index contributed by atoms with van der Waals surface area (Å²) in [5, 5.41) is 7.42. The summed E-state index contributed by atoms with van der Waals surface area (Å²) in [5.74, 6) is -0.843. The summed E-state index contributed by atoms with van der Waals surface area (Å²) < 4.78 is 19.6. The molecule has 1 heterocycles. The third kappa shape index (κ3) is 4.71. The molecule has 140 valence electrons. The van der Waals surface area contributed by atoms with Gasteiger partial charge in [-0.15, -0.1) is 4.99 Å². The fraction of sp³-hybridized carbons (Fsp3) is 0.353. The van der Waals surface area contributed by atoms with E-state index in [1.807, 2.05) is 17.9 Å². The number of anilines is 1. The maximum atomic E-state index is 14.8. The minimum atomic E-state index is -0.964. The summed E-state index contributed by atoms with van der Waals surface area (Å²) in [6, 6.07) is 4.95. The molecule has 0 bridgehead atoms. The van der Waals surface area contributed by atoms with Crippen molar-refractivity contribution in [2.75, 3.05) is 31.1 Å². The van der Waals surface area contributed by atoms with Crippen molar-refractivity contribution in [1.29, 1.82) is 5.41 Å². The Morgan fingerprint density at radius 3 is 2.62 bits per heavy atom. The standard InChI is InChI=1S/C17H23FN6O2/c1-2-13(10-19)23-6-8-24(9-7-23)14-5-3-4-12(15(14)18)11-26-17(25)22-16(20)21/h2-5,10,19H,6-9,11H2,1H3,(H4,20,21,22,25)/b13-2+,19-10?. The second-order valence-electron chi connectivity index (χ2n) is 5.67. The molecule has 0 aromatic heterocycles. The molecule has 9 heteroatoms. The minimum absolute atomic E-state index is 0.248. The van der Waals surface area contributed by atoms with Crippen LogP contribution in [0.2, 0.25) is 0 Å². The Labute approximate surface area is 151 Å². The summed E-state index contributed by atoms with van der Waals surface area (Å²) in [4.78, 5) is 18.6. The first-order valence-corrected chi connectivity index (χ1v) is 8.16. The summed E-state index contributed by atoms with van der Waals surface area (Å²) in [6.45, 7) is 4.26. The molecule has 1 fully saturated rings. The van der Waals surface area contributed by atoms with Crippen LogP contribution in [0.4, 0.5) is 14.9 Å². The highest BCUT2D eigenvalue weighted by molar-refractivity contribution is 5.87. The molecule has 1 aliphatic rings. The number of aliphatic imine (C=N–C) groups is 1. The summed E-state index contributed by atoms with van der Waals surface area (Å²) in [6.07, 6.45) is 2.24. The third-order valence-corrected chi connectivity index (χ3v) is 4.06. The molecule has 1 aromatic carbocycles. The summed E-state index contributed by atoms with van der Waals surface area (Å²) in [5.41, 5.74) is 11.7. The van der Waals surface area contributed by atoms with Crippen molar-refractivity contribution in [3.63, 3.8) is 0 Å². The third-order valence-electron chi connectivity index (χ3n) is 4.06. The number of nitrogens with one attached hydrogen (secondary N) is 1. The number of halogens is 1. The second kappa shape index (κ2) is 8.84. The fourth-order valence-electron chi connectivity index (χ4n) is 2.76. The van der Waals surface area contributed by atoms with E-state index >= 15 is 0 Å². The van der Waals surface area contributed by atoms with Crippen LogP contribution in [-0.2, 0) is 11.3 Å². The highest BCUT2D eigenvalue weighted by atomic mass is 19.1. The first-order chi connectivity index (χ1) is 12.5. The van der Waals surface area contributed by atoms with Crippen LogP contribution in [0.3, 0.4) is 0 Å². The Balaban J connectivity index is 2.04. The van der Waals surface area contributed by atoms with E-state index in [2.05, 4.69) is 9.89 Å². The quantitative estimate of drug-likeness (QED) is 0.538. The number of carbonyl (C=O) groups excluding carboxylic acids is 1. The van der Waals surface area contributed by atoms with Gasteiger partial charge >= 0.3 is 6.09 Å². The highest BCUT2D eigenvalue weighted by Gasteiger charge is 2.21. The molecule has 1 amide bonds. The Morgan fingerprint density at radius 1 is 1.35 bits per heavy atom. The molecule has 26 heavy (non-hydrogen) atoms. The second-order valence-corrected chi connectivity index (χ2v) is 5.67. The molecule has 0 radical (unpaired) electrons. The lowest BCUT2D eigenvalue weighted by Crippen LogP contribution is -2.46. The zero-order valence-electron chi connectivity index (χ0n) is 14.6. The van der Waals surface area contributed by atoms with Gasteiger partial charge in [-0.3, -0.25) is 0 Å². The van der Waals surface area contributed by atoms with Crippen LogP contribution in [0.5, 0.6) is 0 Å². The summed E-state index contributed by atoms with van der Waals surface area (Å²) >= 11 is 0. The number of nitrogens with zero attached hydrogens (tertiary/aromatic N) is 3. The number of ether oxygens (including phenoxy) is 1. The van der Waals surface area contributed by atoms with E-state index < -0.39 is 17.9 Å². The van der Waals surface area contributed by atoms with Crippen molar-refractivity contribution in [3.8, 4) is 0 Å². The van der Waals surface area contributed by atoms with Gasteiger partial charge in [0.15, 0.2) is 11.8 Å². The van der Waals surface area contributed by atoms with Gasteiger partial charge in [-0.2, -0.15) is 0 Å². The van der Waals surface area contributed by atoms with Gasteiger partial charge in [0, 0.05) is 38.0 Å². The van der Waals surface area contributed by atoms with Crippen LogP contribution in [0.15, 0.2) is 35.0 Å².